The Balaban J connectivity index is 1.46. The van der Waals surface area contributed by atoms with Crippen molar-refractivity contribution in [3.63, 3.8) is 0 Å². The van der Waals surface area contributed by atoms with E-state index in [4.69, 9.17) is 0 Å². The Hall–Kier alpha value is -1.20. The van der Waals surface area contributed by atoms with Gasteiger partial charge in [-0.1, -0.05) is 0 Å². The van der Waals surface area contributed by atoms with Crippen molar-refractivity contribution in [3.8, 4) is 0 Å². The van der Waals surface area contributed by atoms with Crippen LogP contribution >= 0.6 is 15.9 Å². The van der Waals surface area contributed by atoms with E-state index in [1.807, 2.05) is 18.5 Å². The molecule has 5 heteroatoms. The van der Waals surface area contributed by atoms with Gasteiger partial charge in [-0.2, -0.15) is 0 Å². The molecule has 0 spiro atoms. The second-order valence-electron chi connectivity index (χ2n) is 6.46. The smallest absolute Gasteiger partial charge is 0.112 e. The number of hydrogen-bond acceptors (Lipinski definition) is 4. The molecule has 0 unspecified atom stereocenters. The van der Waals surface area contributed by atoms with Crippen LogP contribution in [0.25, 0.3) is 11.0 Å². The number of nitrogens with zero attached hydrogens (tertiary/aromatic N) is 3. The van der Waals surface area contributed by atoms with Gasteiger partial charge in [-0.3, -0.25) is 9.97 Å². The van der Waals surface area contributed by atoms with E-state index in [9.17, 15) is 0 Å². The van der Waals surface area contributed by atoms with Gasteiger partial charge in [0, 0.05) is 36.0 Å². The van der Waals surface area contributed by atoms with Crippen molar-refractivity contribution in [2.45, 2.75) is 31.7 Å². The minimum absolute atomic E-state index is 0.687. The number of rotatable bonds is 4. The molecular weight excluding hydrogens is 340 g/mol. The molecule has 4 nitrogen and oxygen atoms in total. The van der Waals surface area contributed by atoms with E-state index < -0.39 is 0 Å². The Labute approximate surface area is 139 Å². The van der Waals surface area contributed by atoms with Crippen LogP contribution in [0, 0.1) is 5.92 Å². The third-order valence-corrected chi connectivity index (χ3v) is 5.18. The van der Waals surface area contributed by atoms with E-state index in [-0.39, 0.29) is 0 Å². The van der Waals surface area contributed by atoms with Gasteiger partial charge in [-0.25, -0.2) is 0 Å². The summed E-state index contributed by atoms with van der Waals surface area (Å²) in [4.78, 5) is 11.5. The fraction of sp³-hybridized carbons (Fsp3) is 0.529. The zero-order valence-electron chi connectivity index (χ0n) is 12.6. The Morgan fingerprint density at radius 3 is 2.77 bits per heavy atom. The summed E-state index contributed by atoms with van der Waals surface area (Å²) in [6.45, 7) is 3.41. The predicted octanol–water partition coefficient (Wildman–Crippen LogP) is 3.36. The van der Waals surface area contributed by atoms with E-state index in [2.05, 4.69) is 42.2 Å². The highest BCUT2D eigenvalue weighted by Crippen LogP contribution is 2.29. The predicted molar refractivity (Wildman–Crippen MR) is 93.2 cm³/mol. The summed E-state index contributed by atoms with van der Waals surface area (Å²) < 4.78 is 0.979. The first-order chi connectivity index (χ1) is 10.8. The molecule has 1 aliphatic heterocycles. The molecule has 116 valence electrons. The summed E-state index contributed by atoms with van der Waals surface area (Å²) in [5.41, 5.74) is 3.19. The average molecular weight is 361 g/mol. The first-order valence-corrected chi connectivity index (χ1v) is 8.97. The zero-order chi connectivity index (χ0) is 14.9. The lowest BCUT2D eigenvalue weighted by Gasteiger charge is -2.34. The van der Waals surface area contributed by atoms with Crippen LogP contribution in [0.4, 0.5) is 5.69 Å². The molecule has 22 heavy (non-hydrogen) atoms. The standard InChI is InChI=1S/C17H21BrN4/c18-13-9-15-17(21-11-13)16(3-6-19-15)22-7-4-14(5-8-22)20-10-12-1-2-12/h3,6,9,11-12,14,20H,1-2,4-5,7-8,10H2. The Morgan fingerprint density at radius 2 is 2.00 bits per heavy atom. The highest BCUT2D eigenvalue weighted by atomic mass is 79.9. The minimum atomic E-state index is 0.687. The number of aromatic nitrogens is 2. The van der Waals surface area contributed by atoms with Crippen molar-refractivity contribution >= 4 is 32.7 Å². The number of hydrogen-bond donors (Lipinski definition) is 1. The first kappa shape index (κ1) is 14.4. The van der Waals surface area contributed by atoms with Gasteiger partial charge in [0.2, 0.25) is 0 Å². The molecular formula is C17H21BrN4. The number of piperidine rings is 1. The van der Waals surface area contributed by atoms with Gasteiger partial charge in [0.1, 0.15) is 5.52 Å². The lowest BCUT2D eigenvalue weighted by Crippen LogP contribution is -2.43. The summed E-state index contributed by atoms with van der Waals surface area (Å²) in [7, 11) is 0. The molecule has 4 rings (SSSR count). The minimum Gasteiger partial charge on any atom is -0.370 e. The van der Waals surface area contributed by atoms with Gasteiger partial charge in [0.15, 0.2) is 0 Å². The van der Waals surface area contributed by atoms with E-state index >= 15 is 0 Å². The molecule has 1 N–H and O–H groups in total. The molecule has 1 aliphatic carbocycles. The maximum atomic E-state index is 4.58. The van der Waals surface area contributed by atoms with Gasteiger partial charge in [0.05, 0.1) is 11.2 Å². The van der Waals surface area contributed by atoms with Crippen LogP contribution in [0.2, 0.25) is 0 Å². The number of halogens is 1. The lowest BCUT2D eigenvalue weighted by atomic mass is 10.0. The molecule has 2 aliphatic rings. The van der Waals surface area contributed by atoms with Crippen LogP contribution in [-0.4, -0.2) is 35.6 Å². The molecule has 0 radical (unpaired) electrons. The van der Waals surface area contributed by atoms with E-state index in [0.717, 1.165) is 34.5 Å². The van der Waals surface area contributed by atoms with Crippen molar-refractivity contribution in [1.29, 1.82) is 0 Å². The summed E-state index contributed by atoms with van der Waals surface area (Å²) >= 11 is 3.47. The molecule has 3 heterocycles. The summed E-state index contributed by atoms with van der Waals surface area (Å²) in [6.07, 6.45) is 9.03. The topological polar surface area (TPSA) is 41.1 Å². The van der Waals surface area contributed by atoms with Crippen molar-refractivity contribution in [2.75, 3.05) is 24.5 Å². The highest BCUT2D eigenvalue weighted by molar-refractivity contribution is 9.10. The van der Waals surface area contributed by atoms with E-state index in [1.165, 1.54) is 37.9 Å². The molecule has 2 fully saturated rings. The Morgan fingerprint density at radius 1 is 1.18 bits per heavy atom. The zero-order valence-corrected chi connectivity index (χ0v) is 14.2. The van der Waals surface area contributed by atoms with E-state index in [1.54, 1.807) is 0 Å². The van der Waals surface area contributed by atoms with Crippen molar-refractivity contribution < 1.29 is 0 Å². The first-order valence-electron chi connectivity index (χ1n) is 8.18. The van der Waals surface area contributed by atoms with Gasteiger partial charge in [0.25, 0.3) is 0 Å². The Kier molecular flexibility index (Phi) is 4.01. The van der Waals surface area contributed by atoms with Gasteiger partial charge >= 0.3 is 0 Å². The van der Waals surface area contributed by atoms with Crippen molar-refractivity contribution in [3.05, 3.63) is 29.0 Å². The number of anilines is 1. The van der Waals surface area contributed by atoms with Gasteiger partial charge in [-0.15, -0.1) is 0 Å². The molecule has 0 atom stereocenters. The molecule has 2 aromatic rings. The van der Waals surface area contributed by atoms with Crippen molar-refractivity contribution in [1.82, 2.24) is 15.3 Å². The molecule has 1 saturated heterocycles. The van der Waals surface area contributed by atoms with E-state index in [0.29, 0.717) is 6.04 Å². The van der Waals surface area contributed by atoms with Gasteiger partial charge < -0.3 is 10.2 Å². The second kappa shape index (κ2) is 6.13. The fourth-order valence-electron chi connectivity index (χ4n) is 3.23. The maximum Gasteiger partial charge on any atom is 0.112 e. The normalized spacial score (nSPS) is 19.8. The van der Waals surface area contributed by atoms with Crippen LogP contribution in [-0.2, 0) is 0 Å². The van der Waals surface area contributed by atoms with Gasteiger partial charge in [-0.05, 0) is 66.2 Å². The summed E-state index contributed by atoms with van der Waals surface area (Å²) in [6, 6.07) is 4.82. The van der Waals surface area contributed by atoms with Crippen LogP contribution in [0.15, 0.2) is 29.0 Å². The third-order valence-electron chi connectivity index (χ3n) is 4.75. The average Bonchev–Trinajstić information content (AvgIpc) is 3.37. The van der Waals surface area contributed by atoms with Crippen LogP contribution in [0.5, 0.6) is 0 Å². The molecule has 0 bridgehead atoms. The fourth-order valence-corrected chi connectivity index (χ4v) is 3.55. The highest BCUT2D eigenvalue weighted by Gasteiger charge is 2.25. The molecule has 2 aromatic heterocycles. The largest absolute Gasteiger partial charge is 0.370 e. The summed E-state index contributed by atoms with van der Waals surface area (Å²) in [5, 5.41) is 3.74. The monoisotopic (exact) mass is 360 g/mol. The molecule has 0 amide bonds. The van der Waals surface area contributed by atoms with Crippen molar-refractivity contribution in [2.24, 2.45) is 5.92 Å². The summed E-state index contributed by atoms with van der Waals surface area (Å²) in [5.74, 6) is 0.963. The second-order valence-corrected chi connectivity index (χ2v) is 7.38. The lowest BCUT2D eigenvalue weighted by molar-refractivity contribution is 0.409. The Bertz CT molecular complexity index is 663. The molecule has 0 aromatic carbocycles. The SMILES string of the molecule is Brc1cnc2c(N3CCC(NCC4CC4)CC3)ccnc2c1. The molecule has 1 saturated carbocycles. The number of nitrogens with one attached hydrogen (secondary N) is 1. The van der Waals surface area contributed by atoms with Crippen LogP contribution < -0.4 is 10.2 Å². The van der Waals surface area contributed by atoms with Crippen LogP contribution in [0.3, 0.4) is 0 Å². The quantitative estimate of drug-likeness (QED) is 0.907. The number of pyridine rings is 2. The van der Waals surface area contributed by atoms with Crippen LogP contribution in [0.1, 0.15) is 25.7 Å². The number of fused-ring (bicyclic) bond motifs is 1. The third kappa shape index (κ3) is 3.10. The maximum absolute atomic E-state index is 4.58.